The minimum atomic E-state index is 0.00678. The molecule has 1 unspecified atom stereocenters. The van der Waals surface area contributed by atoms with Gasteiger partial charge in [0.1, 0.15) is 0 Å². The summed E-state index contributed by atoms with van der Waals surface area (Å²) < 4.78 is 5.22. The number of esters is 1. The van der Waals surface area contributed by atoms with Crippen LogP contribution in [-0.2, 0) is 9.53 Å². The van der Waals surface area contributed by atoms with Crippen LogP contribution in [-0.4, -0.2) is 36.6 Å². The molecule has 1 aliphatic heterocycles. The molecule has 1 heterocycles. The molecule has 0 spiro atoms. The molecule has 2 aliphatic rings. The largest absolute Gasteiger partial charge is 0.466 e. The Kier molecular flexibility index (Phi) is 6.85. The summed E-state index contributed by atoms with van der Waals surface area (Å²) in [4.78, 5) is 14.6. The van der Waals surface area contributed by atoms with Crippen LogP contribution >= 0.6 is 0 Å². The number of carbonyl (C=O) groups excluding carboxylic acids is 1. The Hall–Kier alpha value is -0.570. The molecule has 2 fully saturated rings. The minimum absolute atomic E-state index is 0.00678. The van der Waals surface area contributed by atoms with Gasteiger partial charge in [0.15, 0.2) is 0 Å². The van der Waals surface area contributed by atoms with E-state index in [1.165, 1.54) is 70.9 Å². The van der Waals surface area contributed by atoms with Gasteiger partial charge in [-0.1, -0.05) is 32.1 Å². The molecule has 0 bridgehead atoms. The fourth-order valence-corrected chi connectivity index (χ4v) is 3.93. The van der Waals surface area contributed by atoms with Crippen LogP contribution in [0, 0.1) is 5.92 Å². The van der Waals surface area contributed by atoms with Crippen LogP contribution in [0.25, 0.3) is 0 Å². The number of nitrogens with zero attached hydrogens (tertiary/aromatic N) is 1. The number of carbonyl (C=O) groups is 1. The van der Waals surface area contributed by atoms with Crippen LogP contribution in [0.4, 0.5) is 0 Å². The van der Waals surface area contributed by atoms with Gasteiger partial charge < -0.3 is 4.74 Å². The first kappa shape index (κ1) is 15.8. The highest BCUT2D eigenvalue weighted by molar-refractivity contribution is 5.70. The molecule has 2 rings (SSSR count). The summed E-state index contributed by atoms with van der Waals surface area (Å²) in [6, 6.07) is 0.437. The van der Waals surface area contributed by atoms with Crippen LogP contribution in [0.5, 0.6) is 0 Å². The van der Waals surface area contributed by atoms with Crippen LogP contribution in [0.2, 0.25) is 0 Å². The fourth-order valence-electron chi connectivity index (χ4n) is 3.93. The molecular formula is C17H31NO2. The predicted octanol–water partition coefficient (Wildman–Crippen LogP) is 3.76. The van der Waals surface area contributed by atoms with Gasteiger partial charge in [0.25, 0.3) is 0 Å². The zero-order valence-corrected chi connectivity index (χ0v) is 13.1. The average Bonchev–Trinajstić information content (AvgIpc) is 2.75. The van der Waals surface area contributed by atoms with Crippen molar-refractivity contribution in [1.82, 2.24) is 4.90 Å². The highest BCUT2D eigenvalue weighted by Gasteiger charge is 2.31. The summed E-state index contributed by atoms with van der Waals surface area (Å²) in [6.45, 7) is 4.77. The topological polar surface area (TPSA) is 29.5 Å². The quantitative estimate of drug-likeness (QED) is 0.719. The summed E-state index contributed by atoms with van der Waals surface area (Å²) >= 11 is 0. The van der Waals surface area contributed by atoms with Crippen molar-refractivity contribution < 1.29 is 9.53 Å². The lowest BCUT2D eigenvalue weighted by atomic mass is 9.82. The first-order chi connectivity index (χ1) is 9.81. The van der Waals surface area contributed by atoms with Crippen molar-refractivity contribution in [2.75, 3.05) is 19.7 Å². The van der Waals surface area contributed by atoms with E-state index >= 15 is 0 Å². The average molecular weight is 281 g/mol. The standard InChI is InChI=1S/C17H31NO2/c1-2-20-17(19)14-16(15-10-6-5-7-11-15)18-12-8-3-4-9-13-18/h15-16H,2-14H2,1H3. The maximum absolute atomic E-state index is 12.0. The molecule has 116 valence electrons. The second-order valence-corrected chi connectivity index (χ2v) is 6.42. The third-order valence-electron chi connectivity index (χ3n) is 4.98. The lowest BCUT2D eigenvalue weighted by Gasteiger charge is -2.38. The van der Waals surface area contributed by atoms with Crippen LogP contribution in [0.15, 0.2) is 0 Å². The second kappa shape index (κ2) is 8.66. The molecule has 0 aromatic carbocycles. The number of ether oxygens (including phenoxy) is 1. The molecule has 0 N–H and O–H groups in total. The van der Waals surface area contributed by atoms with Crippen molar-refractivity contribution in [3.05, 3.63) is 0 Å². The monoisotopic (exact) mass is 281 g/mol. The molecule has 1 aliphatic carbocycles. The van der Waals surface area contributed by atoms with Gasteiger partial charge in [-0.2, -0.15) is 0 Å². The van der Waals surface area contributed by atoms with Gasteiger partial charge in [-0.15, -0.1) is 0 Å². The number of likely N-dealkylation sites (tertiary alicyclic amines) is 1. The third kappa shape index (κ3) is 4.76. The Balaban J connectivity index is 1.98. The Bertz CT molecular complexity index is 279. The second-order valence-electron chi connectivity index (χ2n) is 6.42. The molecular weight excluding hydrogens is 250 g/mol. The summed E-state index contributed by atoms with van der Waals surface area (Å²) in [6.07, 6.45) is 12.6. The predicted molar refractivity (Wildman–Crippen MR) is 81.7 cm³/mol. The van der Waals surface area contributed by atoms with E-state index in [2.05, 4.69) is 4.90 Å². The van der Waals surface area contributed by atoms with Crippen LogP contribution < -0.4 is 0 Å². The van der Waals surface area contributed by atoms with E-state index < -0.39 is 0 Å². The van der Waals surface area contributed by atoms with Gasteiger partial charge in [-0.3, -0.25) is 9.69 Å². The Labute approximate surface area is 124 Å². The molecule has 1 atom stereocenters. The lowest BCUT2D eigenvalue weighted by Crippen LogP contribution is -2.43. The van der Waals surface area contributed by atoms with Crippen LogP contribution in [0.1, 0.15) is 71.1 Å². The fraction of sp³-hybridized carbons (Fsp3) is 0.941. The zero-order chi connectivity index (χ0) is 14.2. The van der Waals surface area contributed by atoms with E-state index in [-0.39, 0.29) is 5.97 Å². The van der Waals surface area contributed by atoms with Gasteiger partial charge in [-0.25, -0.2) is 0 Å². The highest BCUT2D eigenvalue weighted by atomic mass is 16.5. The molecule has 1 saturated heterocycles. The smallest absolute Gasteiger partial charge is 0.307 e. The van der Waals surface area contributed by atoms with E-state index in [1.807, 2.05) is 6.92 Å². The van der Waals surface area contributed by atoms with Crippen molar-refractivity contribution in [3.63, 3.8) is 0 Å². The molecule has 0 amide bonds. The van der Waals surface area contributed by atoms with E-state index in [0.717, 1.165) is 0 Å². The summed E-state index contributed by atoms with van der Waals surface area (Å²) in [5.41, 5.74) is 0. The van der Waals surface area contributed by atoms with Gasteiger partial charge >= 0.3 is 5.97 Å². The van der Waals surface area contributed by atoms with Gasteiger partial charge in [-0.05, 0) is 51.6 Å². The maximum atomic E-state index is 12.0. The van der Waals surface area contributed by atoms with E-state index in [9.17, 15) is 4.79 Å². The molecule has 3 nitrogen and oxygen atoms in total. The zero-order valence-electron chi connectivity index (χ0n) is 13.1. The molecule has 1 saturated carbocycles. The lowest BCUT2D eigenvalue weighted by molar-refractivity contribution is -0.145. The first-order valence-corrected chi connectivity index (χ1v) is 8.71. The first-order valence-electron chi connectivity index (χ1n) is 8.71. The minimum Gasteiger partial charge on any atom is -0.466 e. The van der Waals surface area contributed by atoms with Crippen molar-refractivity contribution in [3.8, 4) is 0 Å². The normalized spacial score (nSPS) is 24.1. The maximum Gasteiger partial charge on any atom is 0.307 e. The number of hydrogen-bond donors (Lipinski definition) is 0. The Morgan fingerprint density at radius 3 is 2.25 bits per heavy atom. The van der Waals surface area contributed by atoms with Gasteiger partial charge in [0, 0.05) is 6.04 Å². The Morgan fingerprint density at radius 2 is 1.65 bits per heavy atom. The van der Waals surface area contributed by atoms with E-state index in [1.54, 1.807) is 0 Å². The van der Waals surface area contributed by atoms with E-state index in [4.69, 9.17) is 4.74 Å². The highest BCUT2D eigenvalue weighted by Crippen LogP contribution is 2.32. The summed E-state index contributed by atoms with van der Waals surface area (Å²) in [7, 11) is 0. The van der Waals surface area contributed by atoms with Crippen molar-refractivity contribution in [2.45, 2.75) is 77.2 Å². The van der Waals surface area contributed by atoms with E-state index in [0.29, 0.717) is 25.0 Å². The molecule has 0 aromatic rings. The van der Waals surface area contributed by atoms with Crippen LogP contribution in [0.3, 0.4) is 0 Å². The van der Waals surface area contributed by atoms with Crippen molar-refractivity contribution in [2.24, 2.45) is 5.92 Å². The van der Waals surface area contributed by atoms with Crippen molar-refractivity contribution in [1.29, 1.82) is 0 Å². The Morgan fingerprint density at radius 1 is 1.05 bits per heavy atom. The van der Waals surface area contributed by atoms with Crippen molar-refractivity contribution >= 4 is 5.97 Å². The summed E-state index contributed by atoms with van der Waals surface area (Å²) in [5, 5.41) is 0. The summed E-state index contributed by atoms with van der Waals surface area (Å²) in [5.74, 6) is 0.721. The number of rotatable bonds is 5. The molecule has 0 radical (unpaired) electrons. The SMILES string of the molecule is CCOC(=O)CC(C1CCCCC1)N1CCCCCC1. The van der Waals surface area contributed by atoms with Gasteiger partial charge in [0.05, 0.1) is 13.0 Å². The molecule has 20 heavy (non-hydrogen) atoms. The molecule has 0 aromatic heterocycles. The third-order valence-corrected chi connectivity index (χ3v) is 4.98. The molecule has 3 heteroatoms. The van der Waals surface area contributed by atoms with Gasteiger partial charge in [0.2, 0.25) is 0 Å². The number of hydrogen-bond acceptors (Lipinski definition) is 3.